The molecule has 0 N–H and O–H groups in total. The Labute approximate surface area is 177 Å². The fourth-order valence-corrected chi connectivity index (χ4v) is 4.61. The van der Waals surface area contributed by atoms with Gasteiger partial charge in [-0.1, -0.05) is 6.08 Å². The molecule has 2 fully saturated rings. The summed E-state index contributed by atoms with van der Waals surface area (Å²) < 4.78 is 18.5. The third-order valence-corrected chi connectivity index (χ3v) is 6.02. The number of ketones is 1. The second-order valence-electron chi connectivity index (χ2n) is 7.60. The topological polar surface area (TPSA) is 79.3 Å². The van der Waals surface area contributed by atoms with Crippen molar-refractivity contribution in [1.29, 1.82) is 0 Å². The molecule has 156 valence electrons. The van der Waals surface area contributed by atoms with Gasteiger partial charge in [0.1, 0.15) is 17.6 Å². The normalized spacial score (nSPS) is 26.3. The van der Waals surface area contributed by atoms with E-state index in [2.05, 4.69) is 5.10 Å². The van der Waals surface area contributed by atoms with Crippen molar-refractivity contribution >= 4 is 29.5 Å². The average Bonchev–Trinajstić information content (AvgIpc) is 3.27. The summed E-state index contributed by atoms with van der Waals surface area (Å²) in [6.45, 7) is 0. The van der Waals surface area contributed by atoms with E-state index in [0.29, 0.717) is 11.3 Å². The fourth-order valence-electron chi connectivity index (χ4n) is 4.61. The van der Waals surface area contributed by atoms with E-state index < -0.39 is 41.6 Å². The maximum absolute atomic E-state index is 13.5. The lowest BCUT2D eigenvalue weighted by Crippen LogP contribution is -2.46. The van der Waals surface area contributed by atoms with Crippen LogP contribution in [-0.2, 0) is 9.59 Å². The van der Waals surface area contributed by atoms with Crippen molar-refractivity contribution in [2.45, 2.75) is 12.1 Å². The maximum Gasteiger partial charge on any atom is 0.240 e. The Morgan fingerprint density at radius 1 is 1.00 bits per heavy atom. The predicted octanol–water partition coefficient (Wildman–Crippen LogP) is 2.43. The lowest BCUT2D eigenvalue weighted by atomic mass is 9.86. The molecule has 2 amide bonds. The van der Waals surface area contributed by atoms with E-state index in [1.54, 1.807) is 47.6 Å². The first kappa shape index (κ1) is 19.2. The van der Waals surface area contributed by atoms with Crippen molar-refractivity contribution in [3.63, 3.8) is 0 Å². The maximum atomic E-state index is 13.5. The molecule has 8 heteroatoms. The molecule has 3 heterocycles. The highest BCUT2D eigenvalue weighted by Gasteiger charge is 2.64. The molecule has 3 aliphatic heterocycles. The number of fused-ring (bicyclic) bond motifs is 3. The number of hydrogen-bond acceptors (Lipinski definition) is 6. The minimum Gasteiger partial charge on any atom is -0.497 e. The van der Waals surface area contributed by atoms with Gasteiger partial charge in [0, 0.05) is 11.8 Å². The first-order valence-corrected chi connectivity index (χ1v) is 9.82. The number of halogens is 1. The summed E-state index contributed by atoms with van der Waals surface area (Å²) in [6.07, 6.45) is 5.03. The molecular formula is C23H18FN3O4. The number of methoxy groups -OCH3 is 1. The van der Waals surface area contributed by atoms with Gasteiger partial charge in [-0.2, -0.15) is 5.10 Å². The van der Waals surface area contributed by atoms with Gasteiger partial charge in [0.2, 0.25) is 11.8 Å². The van der Waals surface area contributed by atoms with Crippen LogP contribution in [0.4, 0.5) is 10.1 Å². The predicted molar refractivity (Wildman–Crippen MR) is 110 cm³/mol. The van der Waals surface area contributed by atoms with Gasteiger partial charge >= 0.3 is 0 Å². The molecule has 3 aliphatic rings. The van der Waals surface area contributed by atoms with Crippen molar-refractivity contribution in [3.05, 3.63) is 72.1 Å². The Kier molecular flexibility index (Phi) is 4.43. The van der Waals surface area contributed by atoms with E-state index in [-0.39, 0.29) is 11.5 Å². The molecule has 2 aromatic rings. The summed E-state index contributed by atoms with van der Waals surface area (Å²) in [7, 11) is 1.53. The van der Waals surface area contributed by atoms with E-state index in [1.165, 1.54) is 31.4 Å². The summed E-state index contributed by atoms with van der Waals surface area (Å²) in [4.78, 5) is 41.2. The molecule has 31 heavy (non-hydrogen) atoms. The number of ether oxygens (including phenoxy) is 1. The zero-order chi connectivity index (χ0) is 21.7. The van der Waals surface area contributed by atoms with Crippen molar-refractivity contribution in [1.82, 2.24) is 5.01 Å². The quantitative estimate of drug-likeness (QED) is 0.562. The van der Waals surface area contributed by atoms with Crippen LogP contribution in [0, 0.1) is 17.7 Å². The van der Waals surface area contributed by atoms with Crippen LogP contribution in [0.5, 0.6) is 5.75 Å². The molecule has 0 bridgehead atoms. The number of allylic oxidation sites excluding steroid dienone is 1. The summed E-state index contributed by atoms with van der Waals surface area (Å²) in [5, 5.41) is 5.87. The second-order valence-corrected chi connectivity index (χ2v) is 7.60. The van der Waals surface area contributed by atoms with E-state index in [4.69, 9.17) is 4.74 Å². The molecule has 0 spiro atoms. The third-order valence-electron chi connectivity index (χ3n) is 6.02. The van der Waals surface area contributed by atoms with Crippen molar-refractivity contribution in [2.75, 3.05) is 12.0 Å². The van der Waals surface area contributed by atoms with Crippen molar-refractivity contribution in [3.8, 4) is 5.75 Å². The number of imide groups is 1. The number of anilines is 1. The van der Waals surface area contributed by atoms with Crippen LogP contribution < -0.4 is 9.64 Å². The summed E-state index contributed by atoms with van der Waals surface area (Å²) in [5.74, 6) is -2.70. The molecule has 0 aromatic heterocycles. The summed E-state index contributed by atoms with van der Waals surface area (Å²) >= 11 is 0. The average molecular weight is 419 g/mol. The largest absolute Gasteiger partial charge is 0.497 e. The molecule has 2 aromatic carbocycles. The number of rotatable bonds is 4. The number of nitrogens with zero attached hydrogens (tertiary/aromatic N) is 3. The number of carbonyl (C=O) groups excluding carboxylic acids is 3. The number of benzene rings is 2. The van der Waals surface area contributed by atoms with E-state index in [1.807, 2.05) is 0 Å². The highest BCUT2D eigenvalue weighted by Crippen LogP contribution is 2.46. The summed E-state index contributed by atoms with van der Waals surface area (Å²) in [6, 6.07) is 10.3. The van der Waals surface area contributed by atoms with Gasteiger partial charge in [-0.3, -0.25) is 19.4 Å². The van der Waals surface area contributed by atoms with Crippen LogP contribution in [0.1, 0.15) is 10.4 Å². The Balaban J connectivity index is 1.55. The zero-order valence-corrected chi connectivity index (χ0v) is 16.5. The number of hydrogen-bond donors (Lipinski definition) is 0. The minimum atomic E-state index is -0.925. The monoisotopic (exact) mass is 419 g/mol. The van der Waals surface area contributed by atoms with Gasteiger partial charge in [-0.25, -0.2) is 9.29 Å². The zero-order valence-electron chi connectivity index (χ0n) is 16.5. The third kappa shape index (κ3) is 2.86. The number of Topliss-reactive ketones (excluding diaryl/α,β-unsaturated/α-hetero) is 1. The highest BCUT2D eigenvalue weighted by atomic mass is 19.1. The Morgan fingerprint density at radius 3 is 2.35 bits per heavy atom. The smallest absolute Gasteiger partial charge is 0.240 e. The van der Waals surface area contributed by atoms with Gasteiger partial charge in [-0.15, -0.1) is 0 Å². The van der Waals surface area contributed by atoms with Gasteiger partial charge < -0.3 is 4.74 Å². The van der Waals surface area contributed by atoms with Gasteiger partial charge in [-0.05, 0) is 54.6 Å². The molecular weight excluding hydrogens is 401 g/mol. The van der Waals surface area contributed by atoms with Gasteiger partial charge in [0.25, 0.3) is 0 Å². The number of hydrazone groups is 1. The number of carbonyl (C=O) groups is 3. The van der Waals surface area contributed by atoms with Crippen molar-refractivity contribution < 1.29 is 23.5 Å². The van der Waals surface area contributed by atoms with Crippen LogP contribution in [0.2, 0.25) is 0 Å². The molecule has 0 aliphatic carbocycles. The molecule has 2 saturated heterocycles. The van der Waals surface area contributed by atoms with E-state index in [9.17, 15) is 18.8 Å². The second kappa shape index (κ2) is 7.16. The van der Waals surface area contributed by atoms with Crippen LogP contribution in [0.15, 0.2) is 65.8 Å². The first-order valence-electron chi connectivity index (χ1n) is 9.82. The minimum absolute atomic E-state index is 0.288. The van der Waals surface area contributed by atoms with Crippen LogP contribution in [-0.4, -0.2) is 48.0 Å². The number of amides is 2. The highest BCUT2D eigenvalue weighted by molar-refractivity contribution is 6.24. The lowest BCUT2D eigenvalue weighted by Gasteiger charge is -2.30. The van der Waals surface area contributed by atoms with Gasteiger partial charge in [0.15, 0.2) is 5.78 Å². The summed E-state index contributed by atoms with van der Waals surface area (Å²) in [5.41, 5.74) is 0.687. The Hall–Kier alpha value is -3.81. The first-order chi connectivity index (χ1) is 15.0. The standard InChI is InChI=1S/C23H18FN3O4/c1-31-16-10-4-13(5-11-16)21(28)20-19-18(17-3-2-12-25-27(17)20)22(29)26(23(19)30)15-8-6-14(24)7-9-15/h2-12,17-20H,1H3/t17-,18+,19+,20-/m1/s1. The van der Waals surface area contributed by atoms with Crippen LogP contribution in [0.25, 0.3) is 0 Å². The fraction of sp³-hybridized carbons (Fsp3) is 0.217. The Morgan fingerprint density at radius 2 is 1.68 bits per heavy atom. The van der Waals surface area contributed by atoms with Crippen LogP contribution >= 0.6 is 0 Å². The van der Waals surface area contributed by atoms with Gasteiger partial charge in [0.05, 0.1) is 30.7 Å². The molecule has 5 rings (SSSR count). The van der Waals surface area contributed by atoms with E-state index in [0.717, 1.165) is 4.90 Å². The molecule has 0 unspecified atom stereocenters. The molecule has 0 radical (unpaired) electrons. The van der Waals surface area contributed by atoms with Crippen LogP contribution in [0.3, 0.4) is 0 Å². The molecule has 4 atom stereocenters. The SMILES string of the molecule is COc1ccc(C(=O)[C@H]2[C@H]3C(=O)N(c4ccc(F)cc4)C(=O)[C@H]3[C@H]3C=CC=NN32)cc1. The van der Waals surface area contributed by atoms with E-state index >= 15 is 0 Å². The molecule has 7 nitrogen and oxygen atoms in total. The Bertz CT molecular complexity index is 1130. The lowest BCUT2D eigenvalue weighted by molar-refractivity contribution is -0.123. The van der Waals surface area contributed by atoms with Crippen molar-refractivity contribution in [2.24, 2.45) is 16.9 Å². The molecule has 0 saturated carbocycles.